The molecule has 4 heteroatoms. The molecule has 2 heterocycles. The minimum atomic E-state index is -0.387. The summed E-state index contributed by atoms with van der Waals surface area (Å²) in [6, 6.07) is 1.57. The summed E-state index contributed by atoms with van der Waals surface area (Å²) in [6.07, 6.45) is 11.4. The normalized spacial score (nSPS) is 20.9. The van der Waals surface area contributed by atoms with E-state index >= 15 is 0 Å². The molecule has 0 saturated heterocycles. The summed E-state index contributed by atoms with van der Waals surface area (Å²) in [6.45, 7) is 6.38. The van der Waals surface area contributed by atoms with E-state index in [-0.39, 0.29) is 17.5 Å². The van der Waals surface area contributed by atoms with Crippen LogP contribution in [-0.4, -0.2) is 11.9 Å². The van der Waals surface area contributed by atoms with E-state index in [2.05, 4.69) is 32.9 Å². The van der Waals surface area contributed by atoms with Crippen molar-refractivity contribution < 1.29 is 13.9 Å². The maximum Gasteiger partial charge on any atom is 0.336 e. The molecule has 0 amide bonds. The Labute approximate surface area is 171 Å². The lowest BCUT2D eigenvalue weighted by atomic mass is 9.89. The van der Waals surface area contributed by atoms with Gasteiger partial charge >= 0.3 is 5.63 Å². The van der Waals surface area contributed by atoms with Crippen molar-refractivity contribution in [2.24, 2.45) is 5.92 Å². The average molecular weight is 395 g/mol. The second kappa shape index (κ2) is 8.17. The topological polar surface area (TPSA) is 56.5 Å². The molecule has 0 spiro atoms. The molecule has 2 unspecified atom stereocenters. The second-order valence-corrected chi connectivity index (χ2v) is 8.57. The Hall–Kier alpha value is -2.36. The van der Waals surface area contributed by atoms with E-state index in [0.29, 0.717) is 23.5 Å². The highest BCUT2D eigenvalue weighted by Crippen LogP contribution is 2.44. The van der Waals surface area contributed by atoms with Gasteiger partial charge < -0.3 is 9.15 Å². The molecule has 0 saturated carbocycles. The summed E-state index contributed by atoms with van der Waals surface area (Å²) in [5.74, 6) is 1.20. The van der Waals surface area contributed by atoms with Crippen molar-refractivity contribution in [2.45, 2.75) is 78.2 Å². The summed E-state index contributed by atoms with van der Waals surface area (Å²) in [7, 11) is 0. The Morgan fingerprint density at radius 2 is 2.00 bits per heavy atom. The number of aryl methyl sites for hydroxylation is 1. The van der Waals surface area contributed by atoms with Gasteiger partial charge in [-0.2, -0.15) is 0 Å². The molecule has 1 aromatic carbocycles. The number of carbonyl (C=O) groups excluding carboxylic acids is 1. The van der Waals surface area contributed by atoms with E-state index in [9.17, 15) is 9.59 Å². The Kier molecular flexibility index (Phi) is 5.62. The fourth-order valence-corrected chi connectivity index (χ4v) is 4.70. The maximum atomic E-state index is 13.2. The van der Waals surface area contributed by atoms with Crippen LogP contribution in [0.5, 0.6) is 5.75 Å². The first-order chi connectivity index (χ1) is 14.0. The highest BCUT2D eigenvalue weighted by molar-refractivity contribution is 6.11. The van der Waals surface area contributed by atoms with Crippen molar-refractivity contribution in [3.05, 3.63) is 44.8 Å². The SMILES string of the molecule is CCCCC1C=Cc2c3c(c4oc(=O)cc(CCC)c4c2O1)C(=O)CC(C)CC3. The van der Waals surface area contributed by atoms with Crippen LogP contribution in [0.25, 0.3) is 17.0 Å². The van der Waals surface area contributed by atoms with Gasteiger partial charge in [0, 0.05) is 18.1 Å². The van der Waals surface area contributed by atoms with Crippen LogP contribution >= 0.6 is 0 Å². The standard InChI is InChI=1S/C25H30O4/c1-4-6-8-17-10-12-19-18-11-9-15(3)13-20(26)23(18)25-22(24(19)28-17)16(7-5-2)14-21(27)29-25/h10,12,14-15,17H,4-9,11,13H2,1-3H3. The van der Waals surface area contributed by atoms with Crippen LogP contribution < -0.4 is 10.4 Å². The molecule has 1 aliphatic heterocycles. The van der Waals surface area contributed by atoms with E-state index < -0.39 is 0 Å². The summed E-state index contributed by atoms with van der Waals surface area (Å²) < 4.78 is 12.2. The molecule has 2 aliphatic rings. The molecule has 1 aromatic heterocycles. The summed E-state index contributed by atoms with van der Waals surface area (Å²) >= 11 is 0. The van der Waals surface area contributed by atoms with Crippen molar-refractivity contribution in [2.75, 3.05) is 0 Å². The number of carbonyl (C=O) groups is 1. The van der Waals surface area contributed by atoms with Crippen LogP contribution in [0.3, 0.4) is 0 Å². The first-order valence-electron chi connectivity index (χ1n) is 11.1. The van der Waals surface area contributed by atoms with Crippen molar-refractivity contribution in [1.29, 1.82) is 0 Å². The molecule has 0 fully saturated rings. The number of hydrogen-bond acceptors (Lipinski definition) is 4. The number of hydrogen-bond donors (Lipinski definition) is 0. The quantitative estimate of drug-likeness (QED) is 0.470. The van der Waals surface area contributed by atoms with Gasteiger partial charge in [0.25, 0.3) is 0 Å². The van der Waals surface area contributed by atoms with E-state index in [1.807, 2.05) is 0 Å². The Bertz CT molecular complexity index is 1030. The molecule has 2 atom stereocenters. The highest BCUT2D eigenvalue weighted by atomic mass is 16.5. The third-order valence-corrected chi connectivity index (χ3v) is 6.18. The molecule has 4 nitrogen and oxygen atoms in total. The number of unbranched alkanes of at least 4 members (excludes halogenated alkanes) is 1. The third kappa shape index (κ3) is 3.65. The molecule has 0 radical (unpaired) electrons. The second-order valence-electron chi connectivity index (χ2n) is 8.57. The smallest absolute Gasteiger partial charge is 0.336 e. The van der Waals surface area contributed by atoms with Crippen LogP contribution in [0.1, 0.15) is 86.3 Å². The molecule has 154 valence electrons. The molecule has 0 bridgehead atoms. The Morgan fingerprint density at radius 3 is 2.76 bits per heavy atom. The van der Waals surface area contributed by atoms with Gasteiger partial charge in [-0.1, -0.05) is 39.7 Å². The molecular weight excluding hydrogens is 364 g/mol. The molecule has 1 aliphatic carbocycles. The van der Waals surface area contributed by atoms with Crippen LogP contribution in [0.15, 0.2) is 21.4 Å². The van der Waals surface area contributed by atoms with E-state index in [1.165, 1.54) is 0 Å². The minimum Gasteiger partial charge on any atom is -0.485 e. The summed E-state index contributed by atoms with van der Waals surface area (Å²) in [5.41, 5.74) is 3.59. The van der Waals surface area contributed by atoms with Gasteiger partial charge in [0.15, 0.2) is 11.4 Å². The molecule has 29 heavy (non-hydrogen) atoms. The largest absolute Gasteiger partial charge is 0.485 e. The lowest BCUT2D eigenvalue weighted by molar-refractivity contribution is 0.0967. The van der Waals surface area contributed by atoms with Crippen molar-refractivity contribution >= 4 is 22.8 Å². The average Bonchev–Trinajstić information content (AvgIpc) is 2.84. The lowest BCUT2D eigenvalue weighted by Crippen LogP contribution is -2.20. The predicted octanol–water partition coefficient (Wildman–Crippen LogP) is 5.87. The Balaban J connectivity index is 2.02. The Morgan fingerprint density at radius 1 is 1.17 bits per heavy atom. The van der Waals surface area contributed by atoms with E-state index in [4.69, 9.17) is 9.15 Å². The molecule has 0 N–H and O–H groups in total. The fourth-order valence-electron chi connectivity index (χ4n) is 4.70. The van der Waals surface area contributed by atoms with E-state index in [0.717, 1.165) is 72.8 Å². The monoisotopic (exact) mass is 394 g/mol. The third-order valence-electron chi connectivity index (χ3n) is 6.18. The van der Waals surface area contributed by atoms with Gasteiger partial charge in [0.1, 0.15) is 11.9 Å². The fraction of sp³-hybridized carbons (Fsp3) is 0.520. The molecule has 2 aromatic rings. The van der Waals surface area contributed by atoms with Gasteiger partial charge in [0.2, 0.25) is 0 Å². The van der Waals surface area contributed by atoms with Gasteiger partial charge in [-0.25, -0.2) is 4.79 Å². The molecule has 4 rings (SSSR count). The van der Waals surface area contributed by atoms with Gasteiger partial charge in [-0.05, 0) is 55.2 Å². The van der Waals surface area contributed by atoms with E-state index in [1.54, 1.807) is 6.07 Å². The first kappa shape index (κ1) is 19.9. The minimum absolute atomic E-state index is 0.0190. The maximum absolute atomic E-state index is 13.2. The zero-order valence-corrected chi connectivity index (χ0v) is 17.7. The number of ketones is 1. The number of Topliss-reactive ketones (excluding diaryl/α,β-unsaturated/α-hetero) is 1. The summed E-state index contributed by atoms with van der Waals surface area (Å²) in [4.78, 5) is 25.5. The van der Waals surface area contributed by atoms with Gasteiger partial charge in [0.05, 0.1) is 10.9 Å². The van der Waals surface area contributed by atoms with Gasteiger partial charge in [-0.15, -0.1) is 0 Å². The molecular formula is C25H30O4. The van der Waals surface area contributed by atoms with Gasteiger partial charge in [-0.3, -0.25) is 4.79 Å². The first-order valence-corrected chi connectivity index (χ1v) is 11.1. The van der Waals surface area contributed by atoms with Crippen LogP contribution in [0.2, 0.25) is 0 Å². The van der Waals surface area contributed by atoms with Crippen LogP contribution in [0, 0.1) is 5.92 Å². The number of rotatable bonds is 5. The van der Waals surface area contributed by atoms with Crippen molar-refractivity contribution in [3.8, 4) is 5.75 Å². The van der Waals surface area contributed by atoms with Crippen LogP contribution in [0.4, 0.5) is 0 Å². The summed E-state index contributed by atoms with van der Waals surface area (Å²) in [5, 5.41) is 0.828. The number of ether oxygens (including phenoxy) is 1. The zero-order chi connectivity index (χ0) is 20.5. The number of fused-ring (bicyclic) bond motifs is 6. The predicted molar refractivity (Wildman–Crippen MR) is 116 cm³/mol. The van der Waals surface area contributed by atoms with Crippen molar-refractivity contribution in [1.82, 2.24) is 0 Å². The highest BCUT2D eigenvalue weighted by Gasteiger charge is 2.32. The number of benzene rings is 1. The zero-order valence-electron chi connectivity index (χ0n) is 17.7. The lowest BCUT2D eigenvalue weighted by Gasteiger charge is -2.26. The van der Waals surface area contributed by atoms with Crippen molar-refractivity contribution in [3.63, 3.8) is 0 Å². The van der Waals surface area contributed by atoms with Crippen LogP contribution in [-0.2, 0) is 12.8 Å².